The topological polar surface area (TPSA) is 67.6 Å². The molecule has 0 saturated carbocycles. The van der Waals surface area contributed by atoms with Crippen molar-refractivity contribution in [2.75, 3.05) is 6.61 Å². The van der Waals surface area contributed by atoms with E-state index in [1.807, 2.05) is 24.3 Å². The van der Waals surface area contributed by atoms with Gasteiger partial charge in [0.2, 0.25) is 0 Å². The van der Waals surface area contributed by atoms with Gasteiger partial charge in [-0.15, -0.1) is 0 Å². The monoisotopic (exact) mass is 417 g/mol. The summed E-state index contributed by atoms with van der Waals surface area (Å²) in [6.45, 7) is -0.215. The number of benzene rings is 2. The fraction of sp³-hybridized carbons (Fsp3) is 0.111. The fourth-order valence-corrected chi connectivity index (χ4v) is 3.03. The lowest BCUT2D eigenvalue weighted by molar-refractivity contribution is -0.178. The van der Waals surface area contributed by atoms with Crippen LogP contribution in [-0.4, -0.2) is 32.6 Å². The van der Waals surface area contributed by atoms with Gasteiger partial charge in [0.25, 0.3) is 5.91 Å². The number of hydroxylamine groups is 2. The van der Waals surface area contributed by atoms with Crippen molar-refractivity contribution in [3.05, 3.63) is 70.6 Å². The predicted molar refractivity (Wildman–Crippen MR) is 94.0 cm³/mol. The van der Waals surface area contributed by atoms with Crippen LogP contribution in [0.5, 0.6) is 0 Å². The van der Waals surface area contributed by atoms with Gasteiger partial charge < -0.3 is 4.74 Å². The summed E-state index contributed by atoms with van der Waals surface area (Å²) < 4.78 is 21.2. The Balaban J connectivity index is 1.83. The lowest BCUT2D eigenvalue weighted by atomic mass is 10.1. The first-order valence-electron chi connectivity index (χ1n) is 7.77. The number of rotatable bonds is 3. The van der Waals surface area contributed by atoms with E-state index in [1.54, 1.807) is 23.0 Å². The Morgan fingerprint density at radius 3 is 2.46 bits per heavy atom. The molecular formula is C18H13BrFN3O3. The molecule has 1 aliphatic rings. The Morgan fingerprint density at radius 1 is 1.15 bits per heavy atom. The van der Waals surface area contributed by atoms with E-state index < -0.39 is 12.1 Å². The molecule has 2 aromatic carbocycles. The van der Waals surface area contributed by atoms with Crippen LogP contribution in [0.25, 0.3) is 16.9 Å². The summed E-state index contributed by atoms with van der Waals surface area (Å²) in [6.07, 6.45) is 0.723. The predicted octanol–water partition coefficient (Wildman–Crippen LogP) is 3.69. The highest BCUT2D eigenvalue weighted by Gasteiger charge is 2.35. The highest BCUT2D eigenvalue weighted by Crippen LogP contribution is 2.34. The Morgan fingerprint density at radius 2 is 1.85 bits per heavy atom. The molecule has 0 aliphatic carbocycles. The summed E-state index contributed by atoms with van der Waals surface area (Å²) >= 11 is 3.39. The number of ether oxygens (including phenoxy) is 1. The number of aromatic nitrogens is 2. The molecule has 1 aromatic heterocycles. The van der Waals surface area contributed by atoms with E-state index >= 15 is 0 Å². The Bertz CT molecular complexity index is 957. The van der Waals surface area contributed by atoms with Crippen molar-refractivity contribution in [3.8, 4) is 16.9 Å². The van der Waals surface area contributed by atoms with Crippen molar-refractivity contribution in [3.63, 3.8) is 0 Å². The minimum Gasteiger partial charge on any atom is -0.342 e. The minimum absolute atomic E-state index is 0.215. The van der Waals surface area contributed by atoms with Gasteiger partial charge in [-0.05, 0) is 48.5 Å². The first kappa shape index (κ1) is 16.9. The summed E-state index contributed by atoms with van der Waals surface area (Å²) in [4.78, 5) is 11.6. The van der Waals surface area contributed by atoms with Crippen molar-refractivity contribution in [2.45, 2.75) is 6.23 Å². The molecule has 1 aliphatic heterocycles. The average molecular weight is 418 g/mol. The number of carbonyl (C=O) groups is 1. The molecule has 3 aromatic rings. The van der Waals surface area contributed by atoms with Crippen molar-refractivity contribution in [1.29, 1.82) is 0 Å². The number of hydrogen-bond donors (Lipinski definition) is 1. The summed E-state index contributed by atoms with van der Waals surface area (Å²) in [7, 11) is 0. The van der Waals surface area contributed by atoms with Crippen LogP contribution in [0.2, 0.25) is 0 Å². The molecule has 26 heavy (non-hydrogen) atoms. The van der Waals surface area contributed by atoms with Gasteiger partial charge >= 0.3 is 0 Å². The smallest absolute Gasteiger partial charge is 0.274 e. The molecule has 0 spiro atoms. The van der Waals surface area contributed by atoms with Crippen molar-refractivity contribution in [2.24, 2.45) is 0 Å². The van der Waals surface area contributed by atoms with Crippen LogP contribution in [0.15, 0.2) is 59.2 Å². The quantitative estimate of drug-likeness (QED) is 0.659. The maximum absolute atomic E-state index is 13.3. The molecule has 0 radical (unpaired) electrons. The zero-order valence-corrected chi connectivity index (χ0v) is 14.9. The second kappa shape index (κ2) is 6.64. The number of carbonyl (C=O) groups excluding carboxylic acids is 1. The standard InChI is InChI=1S/C18H13BrFN3O3/c19-12-3-7-14(8-4-12)22-9-15(18-23(25)16(24)10-26-18)17(21-22)11-1-5-13(20)6-2-11/h1-9,18,25H,10H2/t18-/m1/s1. The number of amides is 1. The van der Waals surface area contributed by atoms with Gasteiger partial charge in [0.1, 0.15) is 18.1 Å². The molecular weight excluding hydrogens is 405 g/mol. The fourth-order valence-electron chi connectivity index (χ4n) is 2.77. The van der Waals surface area contributed by atoms with E-state index in [4.69, 9.17) is 4.74 Å². The van der Waals surface area contributed by atoms with Gasteiger partial charge in [-0.25, -0.2) is 9.07 Å². The normalized spacial score (nSPS) is 17.1. The summed E-state index contributed by atoms with van der Waals surface area (Å²) in [5, 5.41) is 15.1. The van der Waals surface area contributed by atoms with Crippen LogP contribution >= 0.6 is 15.9 Å². The molecule has 0 bridgehead atoms. The van der Waals surface area contributed by atoms with Gasteiger partial charge in [0.05, 0.1) is 5.69 Å². The highest BCUT2D eigenvalue weighted by atomic mass is 79.9. The van der Waals surface area contributed by atoms with Crippen LogP contribution in [0.1, 0.15) is 11.8 Å². The molecule has 1 fully saturated rings. The van der Waals surface area contributed by atoms with Crippen LogP contribution in [0.4, 0.5) is 4.39 Å². The van der Waals surface area contributed by atoms with Gasteiger partial charge in [-0.2, -0.15) is 10.2 Å². The van der Waals surface area contributed by atoms with E-state index in [0.717, 1.165) is 10.2 Å². The van der Waals surface area contributed by atoms with Crippen LogP contribution in [-0.2, 0) is 9.53 Å². The lowest BCUT2D eigenvalue weighted by Gasteiger charge is -2.15. The lowest BCUT2D eigenvalue weighted by Crippen LogP contribution is -2.24. The van der Waals surface area contributed by atoms with E-state index in [9.17, 15) is 14.4 Å². The third-order valence-corrected chi connectivity index (χ3v) is 4.59. The number of nitrogens with zero attached hydrogens (tertiary/aromatic N) is 3. The molecule has 8 heteroatoms. The van der Waals surface area contributed by atoms with E-state index in [-0.39, 0.29) is 12.4 Å². The number of hydrogen-bond acceptors (Lipinski definition) is 4. The first-order valence-corrected chi connectivity index (χ1v) is 8.56. The molecule has 1 amide bonds. The van der Waals surface area contributed by atoms with Gasteiger partial charge in [-0.3, -0.25) is 10.0 Å². The Labute approximate surface area is 156 Å². The zero-order valence-electron chi connectivity index (χ0n) is 13.3. The Hall–Kier alpha value is -2.55. The van der Waals surface area contributed by atoms with Crippen molar-refractivity contribution < 1.29 is 19.1 Å². The van der Waals surface area contributed by atoms with Crippen LogP contribution in [0, 0.1) is 5.82 Å². The SMILES string of the molecule is O=C1CO[C@H](c2cn(-c3ccc(Br)cc3)nc2-c2ccc(F)cc2)N1O. The first-order chi connectivity index (χ1) is 12.5. The maximum atomic E-state index is 13.3. The van der Waals surface area contributed by atoms with E-state index in [2.05, 4.69) is 21.0 Å². The van der Waals surface area contributed by atoms with Crippen LogP contribution < -0.4 is 0 Å². The Kier molecular flexibility index (Phi) is 4.31. The second-order valence-corrected chi connectivity index (χ2v) is 6.68. The van der Waals surface area contributed by atoms with Gasteiger partial charge in [0, 0.05) is 21.8 Å². The zero-order chi connectivity index (χ0) is 18.3. The largest absolute Gasteiger partial charge is 0.342 e. The summed E-state index contributed by atoms with van der Waals surface area (Å²) in [5.41, 5.74) is 2.43. The van der Waals surface area contributed by atoms with Crippen LogP contribution in [0.3, 0.4) is 0 Å². The summed E-state index contributed by atoms with van der Waals surface area (Å²) in [6, 6.07) is 13.3. The highest BCUT2D eigenvalue weighted by molar-refractivity contribution is 9.10. The average Bonchev–Trinajstić information content (AvgIpc) is 3.21. The molecule has 0 unspecified atom stereocenters. The van der Waals surface area contributed by atoms with Gasteiger partial charge in [-0.1, -0.05) is 15.9 Å². The molecule has 1 saturated heterocycles. The van der Waals surface area contributed by atoms with Crippen molar-refractivity contribution in [1.82, 2.24) is 14.8 Å². The van der Waals surface area contributed by atoms with Gasteiger partial charge in [0.15, 0.2) is 6.23 Å². The third kappa shape index (κ3) is 3.03. The molecule has 6 nitrogen and oxygen atoms in total. The van der Waals surface area contributed by atoms with E-state index in [1.165, 1.54) is 12.1 Å². The maximum Gasteiger partial charge on any atom is 0.274 e. The molecule has 132 valence electrons. The van der Waals surface area contributed by atoms with Crippen molar-refractivity contribution >= 4 is 21.8 Å². The summed E-state index contributed by atoms with van der Waals surface area (Å²) in [5.74, 6) is -0.893. The second-order valence-electron chi connectivity index (χ2n) is 5.76. The minimum atomic E-state index is -0.966. The number of halogens is 2. The van der Waals surface area contributed by atoms with E-state index in [0.29, 0.717) is 21.9 Å². The molecule has 4 rings (SSSR count). The molecule has 1 atom stereocenters. The molecule has 2 heterocycles. The molecule has 1 N–H and O–H groups in total. The third-order valence-electron chi connectivity index (χ3n) is 4.06.